The summed E-state index contributed by atoms with van der Waals surface area (Å²) in [6.45, 7) is 6.16. The van der Waals surface area contributed by atoms with Crippen molar-refractivity contribution >= 4 is 22.8 Å². The minimum absolute atomic E-state index is 0.0949. The number of aryl methyl sites for hydroxylation is 1. The van der Waals surface area contributed by atoms with Crippen molar-refractivity contribution < 1.29 is 24.2 Å². The van der Waals surface area contributed by atoms with Crippen molar-refractivity contribution in [2.45, 2.75) is 142 Å². The summed E-state index contributed by atoms with van der Waals surface area (Å²) in [4.78, 5) is 43.7. The first-order valence-electron chi connectivity index (χ1n) is 19.0. The zero-order valence-corrected chi connectivity index (χ0v) is 30.2. The number of allylic oxidation sites excluding steroid dienone is 4. The molecule has 1 N–H and O–H groups in total. The van der Waals surface area contributed by atoms with Crippen molar-refractivity contribution in [3.05, 3.63) is 81.2 Å². The van der Waals surface area contributed by atoms with Gasteiger partial charge in [-0.15, -0.1) is 0 Å². The van der Waals surface area contributed by atoms with Crippen molar-refractivity contribution in [2.24, 2.45) is 0 Å². The molecule has 1 aromatic carbocycles. The van der Waals surface area contributed by atoms with Gasteiger partial charge in [0.15, 0.2) is 5.60 Å². The van der Waals surface area contributed by atoms with E-state index in [1.165, 1.54) is 51.4 Å². The van der Waals surface area contributed by atoms with Gasteiger partial charge in [0.2, 0.25) is 0 Å². The van der Waals surface area contributed by atoms with Crippen LogP contribution in [0, 0.1) is 0 Å². The van der Waals surface area contributed by atoms with E-state index in [-0.39, 0.29) is 24.6 Å². The Balaban J connectivity index is 1.10. The number of cyclic esters (lactones) is 1. The van der Waals surface area contributed by atoms with Crippen LogP contribution in [0.4, 0.5) is 0 Å². The Kier molecular flexibility index (Phi) is 13.2. The van der Waals surface area contributed by atoms with Crippen LogP contribution in [0.15, 0.2) is 53.4 Å². The summed E-state index contributed by atoms with van der Waals surface area (Å²) in [5, 5.41) is 12.1. The van der Waals surface area contributed by atoms with E-state index >= 15 is 0 Å². The van der Waals surface area contributed by atoms with Gasteiger partial charge in [0.25, 0.3) is 5.56 Å². The summed E-state index contributed by atoms with van der Waals surface area (Å²) in [6.07, 6.45) is 25.6. The Morgan fingerprint density at radius 3 is 2.32 bits per heavy atom. The number of hydrogen-bond acceptors (Lipinski definition) is 7. The van der Waals surface area contributed by atoms with E-state index < -0.39 is 11.6 Å². The molecule has 0 bridgehead atoms. The van der Waals surface area contributed by atoms with Gasteiger partial charge in [0.1, 0.15) is 12.4 Å². The number of benzene rings is 1. The van der Waals surface area contributed by atoms with Crippen molar-refractivity contribution in [1.82, 2.24) is 9.55 Å². The number of fused-ring (bicyclic) bond motifs is 5. The van der Waals surface area contributed by atoms with Gasteiger partial charge >= 0.3 is 11.9 Å². The van der Waals surface area contributed by atoms with Crippen LogP contribution in [-0.4, -0.2) is 26.6 Å². The molecule has 4 heterocycles. The number of aromatic nitrogens is 2. The Hall–Kier alpha value is -4.04. The van der Waals surface area contributed by atoms with Gasteiger partial charge in [0, 0.05) is 22.9 Å². The fraction of sp³-hybridized carbons (Fsp3) is 0.524. The highest BCUT2D eigenvalue weighted by Crippen LogP contribution is 2.40. The Bertz CT molecular complexity index is 1790. The van der Waals surface area contributed by atoms with E-state index in [4.69, 9.17) is 14.5 Å². The van der Waals surface area contributed by atoms with Gasteiger partial charge in [-0.3, -0.25) is 9.59 Å². The number of rotatable bonds is 19. The molecule has 0 unspecified atom stereocenters. The summed E-state index contributed by atoms with van der Waals surface area (Å²) >= 11 is 0. The number of ether oxygens (including phenoxy) is 2. The van der Waals surface area contributed by atoms with Crippen LogP contribution in [0.3, 0.4) is 0 Å². The van der Waals surface area contributed by atoms with Crippen LogP contribution in [0.2, 0.25) is 0 Å². The van der Waals surface area contributed by atoms with E-state index in [1.54, 1.807) is 23.6 Å². The number of nitrogens with zero attached hydrogens (tertiary/aromatic N) is 2. The minimum Gasteiger partial charge on any atom is -0.458 e. The summed E-state index contributed by atoms with van der Waals surface area (Å²) in [5.74, 6) is -0.481. The summed E-state index contributed by atoms with van der Waals surface area (Å²) in [6, 6.07) is 7.22. The third-order valence-corrected chi connectivity index (χ3v) is 10.2. The molecule has 0 radical (unpaired) electrons. The van der Waals surface area contributed by atoms with Crippen LogP contribution in [0.1, 0.15) is 139 Å². The first-order valence-corrected chi connectivity index (χ1v) is 19.0. The van der Waals surface area contributed by atoms with Crippen molar-refractivity contribution in [3.63, 3.8) is 0 Å². The molecule has 5 rings (SSSR count). The predicted octanol–water partition coefficient (Wildman–Crippen LogP) is 9.14. The highest BCUT2D eigenvalue weighted by Gasteiger charge is 2.45. The number of aliphatic hydroxyl groups is 1. The first-order chi connectivity index (χ1) is 24.3. The maximum absolute atomic E-state index is 13.6. The molecule has 1 atom stereocenters. The average molecular weight is 683 g/mol. The highest BCUT2D eigenvalue weighted by atomic mass is 16.6. The molecule has 50 heavy (non-hydrogen) atoms. The smallest absolute Gasteiger partial charge is 0.343 e. The third-order valence-electron chi connectivity index (χ3n) is 10.2. The molecule has 0 saturated heterocycles. The lowest BCUT2D eigenvalue weighted by Gasteiger charge is -2.31. The second-order valence-corrected chi connectivity index (χ2v) is 13.7. The summed E-state index contributed by atoms with van der Waals surface area (Å²) in [5.41, 5.74) is 2.40. The summed E-state index contributed by atoms with van der Waals surface area (Å²) in [7, 11) is 0. The fourth-order valence-electron chi connectivity index (χ4n) is 7.22. The molecule has 0 fully saturated rings. The highest BCUT2D eigenvalue weighted by molar-refractivity contribution is 5.90. The first kappa shape index (κ1) is 37.2. The third kappa shape index (κ3) is 8.45. The molecule has 8 heteroatoms. The molecule has 0 saturated carbocycles. The lowest BCUT2D eigenvalue weighted by molar-refractivity contribution is -0.172. The average Bonchev–Trinajstić information content (AvgIpc) is 3.48. The van der Waals surface area contributed by atoms with Gasteiger partial charge < -0.3 is 19.1 Å². The number of hydrogen-bond donors (Lipinski definition) is 1. The molecule has 8 nitrogen and oxygen atoms in total. The molecule has 268 valence electrons. The maximum Gasteiger partial charge on any atom is 0.343 e. The standard InChI is InChI=1S/C42H54N2O6/c1-4-7-8-9-10-11-12-13-14-15-16-17-18-19-20-21-22-23-38(45)50-30-24-25-36-32(26-30)31(5-2)33-28-44-37(39(33)43-36)27-35-34(40(44)46)29-49-41(47)42(35,48)6-3/h10-11,13-14,24-27,48H,4-9,12,15-23,28-29H2,1-3H3/b11-10-,14-13-/t42-/m0/s1. The minimum atomic E-state index is -1.86. The maximum atomic E-state index is 13.6. The van der Waals surface area contributed by atoms with E-state index in [9.17, 15) is 19.5 Å². The topological polar surface area (TPSA) is 108 Å². The second kappa shape index (κ2) is 17.8. The zero-order valence-electron chi connectivity index (χ0n) is 30.2. The van der Waals surface area contributed by atoms with E-state index in [2.05, 4.69) is 38.2 Å². The Labute approximate surface area is 296 Å². The molecular formula is C42H54N2O6. The quantitative estimate of drug-likeness (QED) is 0.0455. The van der Waals surface area contributed by atoms with Crippen LogP contribution in [0.25, 0.3) is 22.3 Å². The van der Waals surface area contributed by atoms with Crippen molar-refractivity contribution in [2.75, 3.05) is 0 Å². The lowest BCUT2D eigenvalue weighted by atomic mass is 9.86. The van der Waals surface area contributed by atoms with Crippen LogP contribution >= 0.6 is 0 Å². The Morgan fingerprint density at radius 2 is 1.62 bits per heavy atom. The molecular weight excluding hydrogens is 628 g/mol. The molecule has 0 aliphatic carbocycles. The predicted molar refractivity (Wildman–Crippen MR) is 198 cm³/mol. The van der Waals surface area contributed by atoms with Gasteiger partial charge in [-0.1, -0.05) is 90.0 Å². The molecule has 2 aromatic heterocycles. The molecule has 3 aromatic rings. The number of esters is 2. The number of unbranched alkanes of at least 4 members (excludes halogenated alkanes) is 10. The zero-order chi connectivity index (χ0) is 35.5. The van der Waals surface area contributed by atoms with E-state index in [1.807, 2.05) is 12.1 Å². The van der Waals surface area contributed by atoms with Crippen LogP contribution < -0.4 is 10.3 Å². The SMILES string of the molecule is CCCCC/C=C\C/C=C\CCCCCCCCCC(=O)Oc1ccc2nc3c(c(CC)c2c1)Cn1c-3cc2c(c1=O)COC(=O)[C@]2(O)CC. The van der Waals surface area contributed by atoms with Crippen molar-refractivity contribution in [3.8, 4) is 17.1 Å². The monoisotopic (exact) mass is 682 g/mol. The lowest BCUT2D eigenvalue weighted by Crippen LogP contribution is -2.44. The Morgan fingerprint density at radius 1 is 0.920 bits per heavy atom. The van der Waals surface area contributed by atoms with Crippen LogP contribution in [0.5, 0.6) is 5.75 Å². The fourth-order valence-corrected chi connectivity index (χ4v) is 7.22. The van der Waals surface area contributed by atoms with E-state index in [0.717, 1.165) is 54.1 Å². The molecule has 2 aliphatic heterocycles. The van der Waals surface area contributed by atoms with Gasteiger partial charge in [-0.2, -0.15) is 0 Å². The van der Waals surface area contributed by atoms with Crippen LogP contribution in [-0.2, 0) is 39.5 Å². The molecule has 2 aliphatic rings. The second-order valence-electron chi connectivity index (χ2n) is 13.7. The number of carbonyl (C=O) groups is 2. The van der Waals surface area contributed by atoms with Gasteiger partial charge in [-0.05, 0) is 81.2 Å². The molecule has 0 amide bonds. The number of carbonyl (C=O) groups excluding carboxylic acids is 2. The van der Waals surface area contributed by atoms with Gasteiger partial charge in [0.05, 0.1) is 29.0 Å². The van der Waals surface area contributed by atoms with Gasteiger partial charge in [-0.25, -0.2) is 9.78 Å². The van der Waals surface area contributed by atoms with Crippen molar-refractivity contribution in [1.29, 1.82) is 0 Å². The largest absolute Gasteiger partial charge is 0.458 e. The van der Waals surface area contributed by atoms with E-state index in [0.29, 0.717) is 47.7 Å². The normalized spacial score (nSPS) is 16.6. The molecule has 0 spiro atoms. The summed E-state index contributed by atoms with van der Waals surface area (Å²) < 4.78 is 12.6. The number of pyridine rings is 2.